The third-order valence-electron chi connectivity index (χ3n) is 5.73. The molecule has 2 N–H and O–H groups in total. The summed E-state index contributed by atoms with van der Waals surface area (Å²) in [5.74, 6) is 0.614. The summed E-state index contributed by atoms with van der Waals surface area (Å²) in [5.41, 5.74) is 2.46. The van der Waals surface area contributed by atoms with Crippen LogP contribution in [0.2, 0.25) is 0 Å². The number of para-hydroxylation sites is 1. The number of carbonyl (C=O) groups is 1. The minimum Gasteiger partial charge on any atom is -0.392 e. The van der Waals surface area contributed by atoms with Crippen LogP contribution in [0.15, 0.2) is 79.0 Å². The molecule has 6 nitrogen and oxygen atoms in total. The zero-order valence-corrected chi connectivity index (χ0v) is 17.7. The first-order valence-corrected chi connectivity index (χ1v) is 10.6. The second kappa shape index (κ2) is 9.73. The maximum atomic E-state index is 12.5. The molecule has 0 saturated carbocycles. The van der Waals surface area contributed by atoms with Gasteiger partial charge in [-0.2, -0.15) is 0 Å². The molecular weight excluding hydrogens is 388 g/mol. The molecule has 0 bridgehead atoms. The molecule has 6 heteroatoms. The van der Waals surface area contributed by atoms with Gasteiger partial charge in [-0.05, 0) is 36.2 Å². The third-order valence-corrected chi connectivity index (χ3v) is 5.73. The molecule has 1 aromatic heterocycles. The van der Waals surface area contributed by atoms with Crippen LogP contribution in [0, 0.1) is 0 Å². The van der Waals surface area contributed by atoms with Crippen LogP contribution in [0.25, 0.3) is 0 Å². The van der Waals surface area contributed by atoms with Gasteiger partial charge in [0.1, 0.15) is 5.82 Å². The van der Waals surface area contributed by atoms with E-state index in [4.69, 9.17) is 0 Å². The first-order valence-electron chi connectivity index (χ1n) is 10.6. The first-order chi connectivity index (χ1) is 15.1. The Morgan fingerprint density at radius 2 is 1.84 bits per heavy atom. The maximum absolute atomic E-state index is 12.5. The Kier molecular flexibility index (Phi) is 6.60. The van der Waals surface area contributed by atoms with E-state index in [2.05, 4.69) is 32.2 Å². The molecule has 31 heavy (non-hydrogen) atoms. The summed E-state index contributed by atoms with van der Waals surface area (Å²) in [6.07, 6.45) is 2.18. The highest BCUT2D eigenvalue weighted by Crippen LogP contribution is 2.27. The number of amides is 1. The summed E-state index contributed by atoms with van der Waals surface area (Å²) in [7, 11) is 2.02. The Balaban J connectivity index is 1.50. The van der Waals surface area contributed by atoms with E-state index in [1.54, 1.807) is 12.3 Å². The van der Waals surface area contributed by atoms with Crippen LogP contribution < -0.4 is 10.2 Å². The zero-order valence-electron chi connectivity index (χ0n) is 17.7. The van der Waals surface area contributed by atoms with E-state index >= 15 is 0 Å². The van der Waals surface area contributed by atoms with Gasteiger partial charge in [0.15, 0.2) is 0 Å². The Morgan fingerprint density at radius 1 is 1.13 bits per heavy atom. The Morgan fingerprint density at radius 3 is 2.45 bits per heavy atom. The highest BCUT2D eigenvalue weighted by Gasteiger charge is 2.26. The van der Waals surface area contributed by atoms with Gasteiger partial charge in [-0.3, -0.25) is 9.69 Å². The van der Waals surface area contributed by atoms with Gasteiger partial charge in [0.25, 0.3) is 5.91 Å². The summed E-state index contributed by atoms with van der Waals surface area (Å²) >= 11 is 0. The monoisotopic (exact) mass is 416 g/mol. The summed E-state index contributed by atoms with van der Waals surface area (Å²) in [6, 6.07) is 23.5. The Bertz CT molecular complexity index is 979. The van der Waals surface area contributed by atoms with E-state index in [1.165, 1.54) is 5.56 Å². The van der Waals surface area contributed by atoms with Crippen LogP contribution in [-0.2, 0) is 0 Å². The third kappa shape index (κ3) is 5.29. The van der Waals surface area contributed by atoms with Crippen molar-refractivity contribution in [2.45, 2.75) is 18.6 Å². The zero-order chi connectivity index (χ0) is 21.6. The van der Waals surface area contributed by atoms with Crippen molar-refractivity contribution in [1.82, 2.24) is 9.88 Å². The normalized spacial score (nSPS) is 17.3. The van der Waals surface area contributed by atoms with Crippen molar-refractivity contribution in [3.05, 3.63) is 90.1 Å². The predicted octanol–water partition coefficient (Wildman–Crippen LogP) is 3.58. The van der Waals surface area contributed by atoms with Gasteiger partial charge in [-0.25, -0.2) is 4.98 Å². The largest absolute Gasteiger partial charge is 0.392 e. The molecule has 1 aliphatic rings. The number of pyridine rings is 1. The number of nitrogens with zero attached hydrogens (tertiary/aromatic N) is 3. The molecule has 0 spiro atoms. The summed E-state index contributed by atoms with van der Waals surface area (Å²) in [6.45, 7) is 2.39. The van der Waals surface area contributed by atoms with Gasteiger partial charge in [-0.1, -0.05) is 48.5 Å². The summed E-state index contributed by atoms with van der Waals surface area (Å²) < 4.78 is 0. The molecule has 2 atom stereocenters. The molecule has 3 aromatic rings. The number of β-amino-alcohol motifs (C(OH)–C–C–N with tert-alkyl or cyclic N) is 1. The van der Waals surface area contributed by atoms with Crippen molar-refractivity contribution in [2.75, 3.05) is 36.9 Å². The lowest BCUT2D eigenvalue weighted by molar-refractivity contribution is 0.102. The van der Waals surface area contributed by atoms with E-state index in [1.807, 2.05) is 61.6 Å². The lowest BCUT2D eigenvalue weighted by Gasteiger charge is -2.33. The second-order valence-corrected chi connectivity index (χ2v) is 7.96. The van der Waals surface area contributed by atoms with Gasteiger partial charge >= 0.3 is 0 Å². The number of aliphatic hydroxyl groups excluding tert-OH is 1. The highest BCUT2D eigenvalue weighted by atomic mass is 16.3. The topological polar surface area (TPSA) is 68.7 Å². The lowest BCUT2D eigenvalue weighted by atomic mass is 10.0. The molecule has 0 unspecified atom stereocenters. The molecule has 0 aliphatic carbocycles. The van der Waals surface area contributed by atoms with Gasteiger partial charge < -0.3 is 15.3 Å². The van der Waals surface area contributed by atoms with Gasteiger partial charge in [-0.15, -0.1) is 0 Å². The van der Waals surface area contributed by atoms with Crippen LogP contribution in [0.5, 0.6) is 0 Å². The number of anilines is 2. The smallest absolute Gasteiger partial charge is 0.257 e. The van der Waals surface area contributed by atoms with E-state index in [0.29, 0.717) is 12.1 Å². The predicted molar refractivity (Wildman–Crippen MR) is 123 cm³/mol. The quantitative estimate of drug-likeness (QED) is 0.616. The number of carbonyl (C=O) groups excluding carboxylic acids is 1. The molecule has 0 radical (unpaired) electrons. The molecule has 2 aromatic carbocycles. The number of likely N-dealkylation sites (N-methyl/N-ethyl adjacent to an activating group) is 1. The number of aromatic nitrogens is 1. The molecule has 1 saturated heterocycles. The fourth-order valence-corrected chi connectivity index (χ4v) is 3.96. The van der Waals surface area contributed by atoms with E-state index < -0.39 is 0 Å². The summed E-state index contributed by atoms with van der Waals surface area (Å²) in [4.78, 5) is 21.5. The van der Waals surface area contributed by atoms with Crippen molar-refractivity contribution in [1.29, 1.82) is 0 Å². The highest BCUT2D eigenvalue weighted by molar-refractivity contribution is 6.04. The minimum absolute atomic E-state index is 0.0861. The van der Waals surface area contributed by atoms with Crippen LogP contribution >= 0.6 is 0 Å². The Labute approximate surface area is 183 Å². The van der Waals surface area contributed by atoms with Crippen LogP contribution in [0.4, 0.5) is 11.5 Å². The first kappa shape index (κ1) is 21.0. The molecule has 1 fully saturated rings. The molecule has 1 amide bonds. The van der Waals surface area contributed by atoms with Crippen LogP contribution in [0.3, 0.4) is 0 Å². The number of hydrogen-bond donors (Lipinski definition) is 2. The number of hydrogen-bond acceptors (Lipinski definition) is 5. The fraction of sp³-hybridized carbons (Fsp3) is 0.280. The number of likely N-dealkylation sites (tertiary alicyclic amines) is 1. The van der Waals surface area contributed by atoms with Gasteiger partial charge in [0.2, 0.25) is 0 Å². The average Bonchev–Trinajstić information content (AvgIpc) is 3.23. The number of nitrogens with one attached hydrogen (secondary N) is 1. The molecule has 2 heterocycles. The fourth-order valence-electron chi connectivity index (χ4n) is 3.96. The van der Waals surface area contributed by atoms with E-state index in [9.17, 15) is 9.90 Å². The summed E-state index contributed by atoms with van der Waals surface area (Å²) in [5, 5.41) is 12.8. The molecular formula is C25H28N4O2. The van der Waals surface area contributed by atoms with Crippen molar-refractivity contribution < 1.29 is 9.90 Å². The van der Waals surface area contributed by atoms with Crippen LogP contribution in [-0.4, -0.2) is 53.7 Å². The van der Waals surface area contributed by atoms with Crippen molar-refractivity contribution in [2.24, 2.45) is 0 Å². The molecule has 4 rings (SSSR count). The standard InChI is InChI=1S/C25H28N4O2/c1-28(23(19-8-4-2-5-9-19)18-29-15-14-22(30)17-29)24-13-12-20(16-26-24)25(31)27-21-10-6-3-7-11-21/h2-13,16,22-23,30H,14-15,17-18H2,1H3,(H,27,31)/t22-,23+/m0/s1. The van der Waals surface area contributed by atoms with Crippen molar-refractivity contribution in [3.63, 3.8) is 0 Å². The molecule has 160 valence electrons. The van der Waals surface area contributed by atoms with E-state index in [0.717, 1.165) is 31.0 Å². The SMILES string of the molecule is CN(c1ccc(C(=O)Nc2ccccc2)cn1)[C@H](CN1CC[C@H](O)C1)c1ccccc1. The number of benzene rings is 2. The van der Waals surface area contributed by atoms with Gasteiger partial charge in [0, 0.05) is 38.6 Å². The van der Waals surface area contributed by atoms with E-state index in [-0.39, 0.29) is 18.1 Å². The lowest BCUT2D eigenvalue weighted by Crippen LogP contribution is -2.36. The van der Waals surface area contributed by atoms with Crippen LogP contribution in [0.1, 0.15) is 28.4 Å². The number of rotatable bonds is 7. The maximum Gasteiger partial charge on any atom is 0.257 e. The average molecular weight is 417 g/mol. The second-order valence-electron chi connectivity index (χ2n) is 7.96. The van der Waals surface area contributed by atoms with Crippen molar-refractivity contribution >= 4 is 17.4 Å². The molecule has 1 aliphatic heterocycles. The Hall–Kier alpha value is -3.22. The van der Waals surface area contributed by atoms with Gasteiger partial charge in [0.05, 0.1) is 17.7 Å². The van der Waals surface area contributed by atoms with Crippen molar-refractivity contribution in [3.8, 4) is 0 Å². The minimum atomic E-state index is -0.248. The number of aliphatic hydroxyl groups is 1.